The topological polar surface area (TPSA) is 166 Å². The lowest BCUT2D eigenvalue weighted by molar-refractivity contribution is -0.384. The first-order valence-electron chi connectivity index (χ1n) is 22.2. The van der Waals surface area contributed by atoms with Crippen molar-refractivity contribution in [2.24, 2.45) is 22.9 Å². The van der Waals surface area contributed by atoms with Crippen molar-refractivity contribution in [1.29, 1.82) is 0 Å². The summed E-state index contributed by atoms with van der Waals surface area (Å²) >= 11 is 0. The number of aliphatic hydroxyl groups excluding tert-OH is 2. The van der Waals surface area contributed by atoms with Gasteiger partial charge in [-0.05, 0) is 122 Å². The van der Waals surface area contributed by atoms with E-state index in [-0.39, 0.29) is 62.8 Å². The Kier molecular flexibility index (Phi) is 15.6. The number of carbonyl (C=O) groups is 1. The molecule has 2 N–H and O–H groups in total. The van der Waals surface area contributed by atoms with Crippen LogP contribution in [0.5, 0.6) is 11.5 Å². The van der Waals surface area contributed by atoms with Gasteiger partial charge in [-0.2, -0.15) is 0 Å². The zero-order chi connectivity index (χ0) is 45.9. The molecule has 1 amide bonds. The molecule has 0 bridgehead atoms. The number of fused-ring (bicyclic) bond motifs is 2. The van der Waals surface area contributed by atoms with Crippen LogP contribution in [0.2, 0.25) is 0 Å². The van der Waals surface area contributed by atoms with Crippen LogP contribution in [-0.4, -0.2) is 75.4 Å². The van der Waals surface area contributed by atoms with Crippen LogP contribution in [0, 0.1) is 40.6 Å². The molecule has 6 atom stereocenters. The van der Waals surface area contributed by atoms with Crippen molar-refractivity contribution in [3.8, 4) is 11.5 Å². The monoisotopic (exact) mass is 888 g/mol. The summed E-state index contributed by atoms with van der Waals surface area (Å²) in [5.41, 5.74) is 5.22. The zero-order valence-electron chi connectivity index (χ0n) is 36.9. The lowest BCUT2D eigenvalue weighted by atomic mass is 9.55. The van der Waals surface area contributed by atoms with Crippen molar-refractivity contribution in [3.63, 3.8) is 0 Å². The molecule has 342 valence electrons. The lowest BCUT2D eigenvalue weighted by Gasteiger charge is -2.60. The van der Waals surface area contributed by atoms with Gasteiger partial charge in [-0.1, -0.05) is 48.3 Å². The van der Waals surface area contributed by atoms with E-state index in [1.54, 1.807) is 41.3 Å². The highest BCUT2D eigenvalue weighted by atomic mass is 19.1. The van der Waals surface area contributed by atoms with Crippen LogP contribution in [0.15, 0.2) is 120 Å². The smallest absolute Gasteiger partial charge is 0.269 e. The van der Waals surface area contributed by atoms with Gasteiger partial charge >= 0.3 is 0 Å². The number of rotatable bonds is 21. The number of non-ortho nitro benzene ring substituents is 1. The highest BCUT2D eigenvalue weighted by molar-refractivity contribution is 6.03. The van der Waals surface area contributed by atoms with Crippen LogP contribution in [0.1, 0.15) is 78.9 Å². The van der Waals surface area contributed by atoms with Crippen molar-refractivity contribution in [2.75, 3.05) is 26.9 Å². The number of unbranched alkanes of at least 4 members (excludes halogenated alkanes) is 2. The molecular formula is C51H57FN4O9. The van der Waals surface area contributed by atoms with E-state index < -0.39 is 34.4 Å². The number of halogens is 1. The molecule has 0 radical (unpaired) electrons. The largest absolute Gasteiger partial charge is 0.487 e. The predicted molar refractivity (Wildman–Crippen MR) is 244 cm³/mol. The molecule has 7 rings (SSSR count). The molecule has 1 saturated carbocycles. The molecule has 6 unspecified atom stereocenters. The number of oxime groups is 1. The Morgan fingerprint density at radius 2 is 1.80 bits per heavy atom. The van der Waals surface area contributed by atoms with Gasteiger partial charge < -0.3 is 34.2 Å². The normalized spacial score (nSPS) is 22.6. The van der Waals surface area contributed by atoms with Gasteiger partial charge in [0.05, 0.1) is 28.9 Å². The van der Waals surface area contributed by atoms with Crippen LogP contribution < -0.4 is 9.47 Å². The number of ether oxygens (including phenoxy) is 3. The number of benzene rings is 3. The summed E-state index contributed by atoms with van der Waals surface area (Å²) in [6.45, 7) is 6.41. The Bertz CT molecular complexity index is 2390. The average molecular weight is 889 g/mol. The number of aryl methyl sites for hydroxylation is 1. The highest BCUT2D eigenvalue weighted by Gasteiger charge is 2.65. The van der Waals surface area contributed by atoms with Crippen molar-refractivity contribution in [2.45, 2.75) is 82.8 Å². The summed E-state index contributed by atoms with van der Waals surface area (Å²) in [5, 5.41) is 35.9. The number of nitro groups is 1. The molecule has 2 heterocycles. The first-order chi connectivity index (χ1) is 31.6. The Morgan fingerprint density at radius 3 is 2.49 bits per heavy atom. The van der Waals surface area contributed by atoms with Crippen LogP contribution in [0.3, 0.4) is 0 Å². The Hall–Kier alpha value is -6.22. The fourth-order valence-electron chi connectivity index (χ4n) is 9.78. The van der Waals surface area contributed by atoms with E-state index >= 15 is 0 Å². The highest BCUT2D eigenvalue weighted by Crippen LogP contribution is 2.62. The number of aliphatic hydroxyl groups is 2. The minimum Gasteiger partial charge on any atom is -0.487 e. The van der Waals surface area contributed by atoms with Gasteiger partial charge in [0, 0.05) is 61.6 Å². The molecule has 0 saturated heterocycles. The summed E-state index contributed by atoms with van der Waals surface area (Å²) in [4.78, 5) is 37.8. The van der Waals surface area contributed by atoms with Crippen LogP contribution >= 0.6 is 0 Å². The third-order valence-corrected chi connectivity index (χ3v) is 12.6. The molecule has 1 aromatic heterocycles. The first kappa shape index (κ1) is 46.8. The van der Waals surface area contributed by atoms with Crippen molar-refractivity contribution in [3.05, 3.63) is 159 Å². The molecule has 4 aromatic rings. The second-order valence-corrected chi connectivity index (χ2v) is 16.8. The summed E-state index contributed by atoms with van der Waals surface area (Å²) in [5.74, 6) is -2.03. The van der Waals surface area contributed by atoms with Gasteiger partial charge in [-0.15, -0.1) is 6.58 Å². The quantitative estimate of drug-likeness (QED) is 0.0271. The number of aromatic nitrogens is 1. The second-order valence-electron chi connectivity index (χ2n) is 16.8. The van der Waals surface area contributed by atoms with Crippen LogP contribution in [-0.2, 0) is 27.5 Å². The van der Waals surface area contributed by atoms with Crippen molar-refractivity contribution < 1.29 is 43.4 Å². The number of pyridine rings is 1. The number of amides is 1. The standard InChI is InChI=1S/C51H57FN4O9/c1-4-28-64-51-47(55(32-36-14-19-38(52)20-15-36)48(59)25-18-35-16-21-40(22-17-35)56(60)61)31-45(54-62-3)43-29-37(11-5-7-26-57)42(13-6-8-27-58)49(50(43)51)44-30-41(23-24-46(44)65-51)63-33-39-12-9-10-34(2)53-39/h4,9-10,12,14-25,29-30,37,42,47,49-50,57-58H,1,5-8,11,13,26-28,31-33H2,2-3H3. The lowest BCUT2D eigenvalue weighted by Crippen LogP contribution is -2.70. The molecule has 1 fully saturated rings. The van der Waals surface area contributed by atoms with E-state index in [1.165, 1.54) is 37.5 Å². The number of carbonyl (C=O) groups excluding carboxylic acids is 1. The fraction of sp³-hybridized carbons (Fsp3) is 0.392. The summed E-state index contributed by atoms with van der Waals surface area (Å²) in [6, 6.07) is 22.6. The van der Waals surface area contributed by atoms with Gasteiger partial charge in [-0.3, -0.25) is 19.9 Å². The SMILES string of the molecule is C=CCOC12Oc3ccc(OCc4cccc(C)n4)cc3C3C(CCCCO)C(CCCCO)C=C(C(=NOC)CC1N(Cc1ccc(F)cc1)C(=O)C=Cc1ccc([N+](=O)[O-])cc1)C32. The van der Waals surface area contributed by atoms with Crippen LogP contribution in [0.25, 0.3) is 6.08 Å². The fourth-order valence-corrected chi connectivity index (χ4v) is 9.78. The molecule has 13 nitrogen and oxygen atoms in total. The first-order valence-corrected chi connectivity index (χ1v) is 22.2. The molecule has 1 aliphatic heterocycles. The van der Waals surface area contributed by atoms with Gasteiger partial charge in [0.25, 0.3) is 5.69 Å². The predicted octanol–water partition coefficient (Wildman–Crippen LogP) is 9.02. The maximum atomic E-state index is 15.0. The van der Waals surface area contributed by atoms with Gasteiger partial charge in [0.1, 0.15) is 37.1 Å². The number of nitro benzene ring substituents is 1. The van der Waals surface area contributed by atoms with Gasteiger partial charge in [-0.25, -0.2) is 4.39 Å². The molecule has 65 heavy (non-hydrogen) atoms. The van der Waals surface area contributed by atoms with Crippen molar-refractivity contribution >= 4 is 23.4 Å². The number of hydrogen-bond acceptors (Lipinski definition) is 11. The van der Waals surface area contributed by atoms with Crippen LogP contribution in [0.4, 0.5) is 10.1 Å². The molecule has 2 aliphatic carbocycles. The van der Waals surface area contributed by atoms with Crippen molar-refractivity contribution in [1.82, 2.24) is 9.88 Å². The number of allylic oxidation sites excluding steroid dienone is 1. The Labute approximate surface area is 379 Å². The van der Waals surface area contributed by atoms with E-state index in [0.717, 1.165) is 48.2 Å². The second kappa shape index (κ2) is 21.6. The Balaban J connectivity index is 1.41. The third kappa shape index (κ3) is 10.7. The number of hydrogen-bond donors (Lipinski definition) is 2. The van der Waals surface area contributed by atoms with E-state index in [2.05, 4.69) is 22.8 Å². The molecule has 3 aromatic carbocycles. The summed E-state index contributed by atoms with van der Waals surface area (Å²) in [6.07, 6.45) is 11.4. The van der Waals surface area contributed by atoms with E-state index in [4.69, 9.17) is 19.0 Å². The van der Waals surface area contributed by atoms with E-state index in [0.29, 0.717) is 41.2 Å². The third-order valence-electron chi connectivity index (χ3n) is 12.6. The number of nitrogens with zero attached hydrogens (tertiary/aromatic N) is 4. The summed E-state index contributed by atoms with van der Waals surface area (Å²) in [7, 11) is 1.49. The Morgan fingerprint density at radius 1 is 1.05 bits per heavy atom. The van der Waals surface area contributed by atoms with E-state index in [9.17, 15) is 29.5 Å². The minimum atomic E-state index is -1.54. The molecule has 3 aliphatic rings. The van der Waals surface area contributed by atoms with Gasteiger partial charge in [0.15, 0.2) is 0 Å². The molecule has 14 heteroatoms. The van der Waals surface area contributed by atoms with Gasteiger partial charge in [0.2, 0.25) is 11.7 Å². The minimum absolute atomic E-state index is 0.0112. The van der Waals surface area contributed by atoms with E-state index in [1.807, 2.05) is 43.3 Å². The maximum absolute atomic E-state index is 15.0. The maximum Gasteiger partial charge on any atom is 0.269 e. The molecular weight excluding hydrogens is 832 g/mol. The zero-order valence-corrected chi connectivity index (χ0v) is 36.9. The summed E-state index contributed by atoms with van der Waals surface area (Å²) < 4.78 is 35.2. The average Bonchev–Trinajstić information content (AvgIpc) is 3.31. The molecule has 0 spiro atoms.